The van der Waals surface area contributed by atoms with Gasteiger partial charge in [-0.1, -0.05) is 19.1 Å². The summed E-state index contributed by atoms with van der Waals surface area (Å²) in [6, 6.07) is 8.69. The monoisotopic (exact) mass is 387 g/mol. The van der Waals surface area contributed by atoms with Crippen LogP contribution in [-0.2, 0) is 6.54 Å². The van der Waals surface area contributed by atoms with Crippen LogP contribution in [0.25, 0.3) is 0 Å². The van der Waals surface area contributed by atoms with E-state index < -0.39 is 0 Å². The molecule has 1 aromatic rings. The van der Waals surface area contributed by atoms with Crippen molar-refractivity contribution in [1.29, 1.82) is 0 Å². The molecule has 1 aliphatic rings. The van der Waals surface area contributed by atoms with E-state index in [1.165, 1.54) is 9.13 Å². The Morgan fingerprint density at radius 1 is 1.30 bits per heavy atom. The molecule has 0 atom stereocenters. The fraction of sp³-hybridized carbons (Fsp3) is 0.533. The molecule has 1 fully saturated rings. The van der Waals surface area contributed by atoms with Crippen molar-refractivity contribution >= 4 is 28.6 Å². The number of hydrogen-bond acceptors (Lipinski definition) is 2. The highest BCUT2D eigenvalue weighted by molar-refractivity contribution is 14.1. The molecule has 0 bridgehead atoms. The maximum absolute atomic E-state index is 11.9. The van der Waals surface area contributed by atoms with Gasteiger partial charge < -0.3 is 10.2 Å². The molecular weight excluding hydrogens is 365 g/mol. The smallest absolute Gasteiger partial charge is 0.317 e. The highest BCUT2D eigenvalue weighted by Crippen LogP contribution is 2.12. The molecule has 0 aromatic heterocycles. The van der Waals surface area contributed by atoms with Gasteiger partial charge in [-0.05, 0) is 46.7 Å². The van der Waals surface area contributed by atoms with Gasteiger partial charge in [-0.15, -0.1) is 0 Å². The Labute approximate surface area is 134 Å². The number of hydrogen-bond donors (Lipinski definition) is 1. The average molecular weight is 387 g/mol. The number of amides is 2. The van der Waals surface area contributed by atoms with Crippen molar-refractivity contribution in [1.82, 2.24) is 15.1 Å². The van der Waals surface area contributed by atoms with Gasteiger partial charge in [0.2, 0.25) is 0 Å². The first-order valence-electron chi connectivity index (χ1n) is 7.18. The van der Waals surface area contributed by atoms with Crippen molar-refractivity contribution in [3.8, 4) is 0 Å². The standard InChI is InChI=1S/C15H22IN3O/c1-2-6-17-15(20)19-9-7-18(8-10-19)12-13-4-3-5-14(16)11-13/h3-5,11H,2,6-10,12H2,1H3,(H,17,20). The first-order chi connectivity index (χ1) is 9.69. The number of rotatable bonds is 4. The van der Waals surface area contributed by atoms with Crippen LogP contribution in [-0.4, -0.2) is 48.6 Å². The average Bonchev–Trinajstić information content (AvgIpc) is 2.45. The SMILES string of the molecule is CCCNC(=O)N1CCN(Cc2cccc(I)c2)CC1. The van der Waals surface area contributed by atoms with E-state index in [1.54, 1.807) is 0 Å². The Bertz CT molecular complexity index is 444. The summed E-state index contributed by atoms with van der Waals surface area (Å²) < 4.78 is 1.28. The zero-order valence-corrected chi connectivity index (χ0v) is 14.1. The van der Waals surface area contributed by atoms with Gasteiger partial charge >= 0.3 is 6.03 Å². The van der Waals surface area contributed by atoms with Gasteiger partial charge in [0.25, 0.3) is 0 Å². The lowest BCUT2D eigenvalue weighted by Gasteiger charge is -2.34. The fourth-order valence-electron chi connectivity index (χ4n) is 2.35. The van der Waals surface area contributed by atoms with Crippen molar-refractivity contribution in [2.45, 2.75) is 19.9 Å². The van der Waals surface area contributed by atoms with Gasteiger partial charge in [-0.2, -0.15) is 0 Å². The molecule has 0 unspecified atom stereocenters. The van der Waals surface area contributed by atoms with Gasteiger partial charge in [0.15, 0.2) is 0 Å². The van der Waals surface area contributed by atoms with Crippen LogP contribution in [0.2, 0.25) is 0 Å². The maximum Gasteiger partial charge on any atom is 0.317 e. The van der Waals surface area contributed by atoms with Gasteiger partial charge in [0, 0.05) is 42.8 Å². The molecule has 110 valence electrons. The van der Waals surface area contributed by atoms with E-state index >= 15 is 0 Å². The van der Waals surface area contributed by atoms with Crippen molar-refractivity contribution in [2.24, 2.45) is 0 Å². The highest BCUT2D eigenvalue weighted by Gasteiger charge is 2.20. The highest BCUT2D eigenvalue weighted by atomic mass is 127. The topological polar surface area (TPSA) is 35.6 Å². The molecule has 1 saturated heterocycles. The van der Waals surface area contributed by atoms with Gasteiger partial charge in [-0.25, -0.2) is 4.79 Å². The minimum atomic E-state index is 0.0840. The second-order valence-corrected chi connectivity index (χ2v) is 6.37. The van der Waals surface area contributed by atoms with E-state index in [0.717, 1.165) is 45.7 Å². The number of carbonyl (C=O) groups is 1. The number of urea groups is 1. The lowest BCUT2D eigenvalue weighted by atomic mass is 10.2. The molecule has 20 heavy (non-hydrogen) atoms. The van der Waals surface area contributed by atoms with Crippen LogP contribution in [0.4, 0.5) is 4.79 Å². The largest absolute Gasteiger partial charge is 0.338 e. The minimum Gasteiger partial charge on any atom is -0.338 e. The zero-order chi connectivity index (χ0) is 14.4. The second kappa shape index (κ2) is 7.83. The molecular formula is C15H22IN3O. The fourth-order valence-corrected chi connectivity index (χ4v) is 2.95. The third-order valence-electron chi connectivity index (χ3n) is 3.48. The number of piperazine rings is 1. The van der Waals surface area contributed by atoms with Crippen LogP contribution in [0.5, 0.6) is 0 Å². The number of benzene rings is 1. The second-order valence-electron chi connectivity index (χ2n) is 5.13. The summed E-state index contributed by atoms with van der Waals surface area (Å²) in [6.45, 7) is 7.34. The molecule has 0 saturated carbocycles. The lowest BCUT2D eigenvalue weighted by molar-refractivity contribution is 0.135. The predicted molar refractivity (Wildman–Crippen MR) is 89.7 cm³/mol. The summed E-state index contributed by atoms with van der Waals surface area (Å²) in [5.41, 5.74) is 1.35. The zero-order valence-electron chi connectivity index (χ0n) is 11.9. The lowest BCUT2D eigenvalue weighted by Crippen LogP contribution is -2.51. The van der Waals surface area contributed by atoms with E-state index in [9.17, 15) is 4.79 Å². The molecule has 0 aliphatic carbocycles. The molecule has 0 spiro atoms. The summed E-state index contributed by atoms with van der Waals surface area (Å²) in [4.78, 5) is 16.2. The van der Waals surface area contributed by atoms with Crippen molar-refractivity contribution in [3.63, 3.8) is 0 Å². The van der Waals surface area contributed by atoms with Crippen LogP contribution >= 0.6 is 22.6 Å². The van der Waals surface area contributed by atoms with Gasteiger partial charge in [0.05, 0.1) is 0 Å². The summed E-state index contributed by atoms with van der Waals surface area (Å²) in [7, 11) is 0. The summed E-state index contributed by atoms with van der Waals surface area (Å²) in [6.07, 6.45) is 0.984. The summed E-state index contributed by atoms with van der Waals surface area (Å²) in [5.74, 6) is 0. The van der Waals surface area contributed by atoms with E-state index in [1.807, 2.05) is 4.90 Å². The van der Waals surface area contributed by atoms with Crippen molar-refractivity contribution in [3.05, 3.63) is 33.4 Å². The van der Waals surface area contributed by atoms with Crippen LogP contribution in [0, 0.1) is 3.57 Å². The Balaban J connectivity index is 1.78. The number of nitrogens with zero attached hydrogens (tertiary/aromatic N) is 2. The van der Waals surface area contributed by atoms with E-state index in [2.05, 4.69) is 64.0 Å². The quantitative estimate of drug-likeness (QED) is 0.807. The first-order valence-corrected chi connectivity index (χ1v) is 8.26. The number of halogens is 1. The first kappa shape index (κ1) is 15.6. The third kappa shape index (κ3) is 4.63. The number of carbonyl (C=O) groups excluding carboxylic acids is 1. The molecule has 2 amide bonds. The molecule has 1 aliphatic heterocycles. The Hall–Kier alpha value is -0.820. The molecule has 5 heteroatoms. The van der Waals surface area contributed by atoms with Crippen LogP contribution in [0.3, 0.4) is 0 Å². The molecule has 2 rings (SSSR count). The van der Waals surface area contributed by atoms with Crippen LogP contribution < -0.4 is 5.32 Å². The molecule has 1 heterocycles. The third-order valence-corrected chi connectivity index (χ3v) is 4.15. The maximum atomic E-state index is 11.9. The van der Waals surface area contributed by atoms with E-state index in [-0.39, 0.29) is 6.03 Å². The molecule has 0 radical (unpaired) electrons. The molecule has 4 nitrogen and oxygen atoms in total. The normalized spacial score (nSPS) is 16.2. The summed E-state index contributed by atoms with van der Waals surface area (Å²) >= 11 is 2.34. The van der Waals surface area contributed by atoms with Crippen molar-refractivity contribution in [2.75, 3.05) is 32.7 Å². The van der Waals surface area contributed by atoms with Crippen LogP contribution in [0.15, 0.2) is 24.3 Å². The predicted octanol–water partition coefficient (Wildman–Crippen LogP) is 2.53. The van der Waals surface area contributed by atoms with Crippen molar-refractivity contribution < 1.29 is 4.79 Å². The summed E-state index contributed by atoms with van der Waals surface area (Å²) in [5, 5.41) is 2.94. The Kier molecular flexibility index (Phi) is 6.09. The molecule has 1 N–H and O–H groups in total. The molecule has 1 aromatic carbocycles. The van der Waals surface area contributed by atoms with Gasteiger partial charge in [-0.3, -0.25) is 4.90 Å². The Morgan fingerprint density at radius 2 is 2.05 bits per heavy atom. The van der Waals surface area contributed by atoms with Crippen LogP contribution in [0.1, 0.15) is 18.9 Å². The number of nitrogens with one attached hydrogen (secondary N) is 1. The van der Waals surface area contributed by atoms with E-state index in [0.29, 0.717) is 0 Å². The van der Waals surface area contributed by atoms with Gasteiger partial charge in [0.1, 0.15) is 0 Å². The Morgan fingerprint density at radius 3 is 2.70 bits per heavy atom. The minimum absolute atomic E-state index is 0.0840. The van der Waals surface area contributed by atoms with E-state index in [4.69, 9.17) is 0 Å².